The number of hydrogen-bond donors (Lipinski definition) is 0. The van der Waals surface area contributed by atoms with Crippen LogP contribution in [0.1, 0.15) is 11.1 Å². The summed E-state index contributed by atoms with van der Waals surface area (Å²) in [6, 6.07) is 71.3. The van der Waals surface area contributed by atoms with E-state index < -0.39 is 8.07 Å². The average Bonchev–Trinajstić information content (AvgIpc) is 3.90. The Balaban J connectivity index is 0.975. The fraction of sp³-hybridized carbons (Fsp3) is 0.0667. The van der Waals surface area contributed by atoms with Gasteiger partial charge in [0.25, 0.3) is 0 Å². The molecule has 0 fully saturated rings. The number of para-hydroxylation sites is 2. The normalized spacial score (nSPS) is 13.0. The molecule has 10 aromatic carbocycles. The number of rotatable bonds is 6. The zero-order valence-corrected chi connectivity index (χ0v) is 37.7. The van der Waals surface area contributed by atoms with E-state index in [9.17, 15) is 0 Å². The van der Waals surface area contributed by atoms with Gasteiger partial charge in [-0.2, -0.15) is 0 Å². The zero-order valence-electron chi connectivity index (χ0n) is 36.7. The van der Waals surface area contributed by atoms with Gasteiger partial charge in [-0.1, -0.05) is 115 Å². The molecule has 3 heterocycles. The van der Waals surface area contributed by atoms with E-state index in [1.165, 1.54) is 54.2 Å². The van der Waals surface area contributed by atoms with Gasteiger partial charge in [-0.05, 0) is 160 Å². The molecule has 0 N–H and O–H groups in total. The molecule has 12 aromatic rings. The highest BCUT2D eigenvalue weighted by atomic mass is 28.3. The minimum atomic E-state index is -2.26. The van der Waals surface area contributed by atoms with Crippen molar-refractivity contribution in [2.45, 2.75) is 26.9 Å². The second-order valence-electron chi connectivity index (χ2n) is 18.3. The number of fused-ring (bicyclic) bond motifs is 10. The van der Waals surface area contributed by atoms with Gasteiger partial charge in [0, 0.05) is 55.7 Å². The second kappa shape index (κ2) is 14.1. The van der Waals surface area contributed by atoms with Crippen LogP contribution in [0.4, 0.5) is 34.1 Å². The van der Waals surface area contributed by atoms with Crippen LogP contribution in [0.15, 0.2) is 203 Å². The number of furan rings is 2. The monoisotopic (exact) mass is 852 g/mol. The largest absolute Gasteiger partial charge is 0.456 e. The molecule has 0 amide bonds. The summed E-state index contributed by atoms with van der Waals surface area (Å²) in [4.78, 5) is 4.80. The van der Waals surface area contributed by atoms with Crippen molar-refractivity contribution in [1.29, 1.82) is 0 Å². The van der Waals surface area contributed by atoms with Gasteiger partial charge in [-0.3, -0.25) is 0 Å². The molecule has 0 unspecified atom stereocenters. The Bertz CT molecular complexity index is 3900. The molecule has 13 rings (SSSR count). The minimum absolute atomic E-state index is 0.893. The lowest BCUT2D eigenvalue weighted by Crippen LogP contribution is -2.56. The number of aryl methyl sites for hydroxylation is 2. The van der Waals surface area contributed by atoms with E-state index in [1.807, 2.05) is 24.3 Å². The number of anilines is 6. The van der Waals surface area contributed by atoms with Gasteiger partial charge in [0.15, 0.2) is 0 Å². The van der Waals surface area contributed by atoms with Crippen molar-refractivity contribution in [3.63, 3.8) is 0 Å². The Hall–Kier alpha value is -7.86. The van der Waals surface area contributed by atoms with Crippen LogP contribution in [-0.2, 0) is 0 Å². The van der Waals surface area contributed by atoms with Gasteiger partial charge in [-0.25, -0.2) is 0 Å². The first-order valence-electron chi connectivity index (χ1n) is 22.5. The lowest BCUT2D eigenvalue weighted by Gasteiger charge is -2.35. The Morgan fingerprint density at radius 2 is 0.800 bits per heavy atom. The summed E-state index contributed by atoms with van der Waals surface area (Å²) < 4.78 is 12.5. The highest BCUT2D eigenvalue weighted by Gasteiger charge is 2.36. The lowest BCUT2D eigenvalue weighted by atomic mass is 9.92. The third-order valence-electron chi connectivity index (χ3n) is 13.9. The molecule has 0 bridgehead atoms. The van der Waals surface area contributed by atoms with Crippen LogP contribution in [0.2, 0.25) is 13.1 Å². The summed E-state index contributed by atoms with van der Waals surface area (Å²) in [6.45, 7) is 9.36. The van der Waals surface area contributed by atoms with Crippen molar-refractivity contribution < 1.29 is 8.83 Å². The molecule has 310 valence electrons. The highest BCUT2D eigenvalue weighted by Crippen LogP contribution is 2.45. The maximum atomic E-state index is 6.28. The van der Waals surface area contributed by atoms with Gasteiger partial charge in [0.1, 0.15) is 30.4 Å². The van der Waals surface area contributed by atoms with Crippen molar-refractivity contribution in [2.24, 2.45) is 0 Å². The Labute approximate surface area is 378 Å². The zero-order chi connectivity index (χ0) is 43.6. The SMILES string of the molecule is Cc1ccc(N(c2ccc3c(c2)[Si](C)(C)c2cccc4c2c-3cc2ccc(N(c3ccc(C)cc3)c3ccc5oc6ccccc6c5c3)cc24)c2ccc3oc4ccccc4c3c2)cc1. The van der Waals surface area contributed by atoms with E-state index in [-0.39, 0.29) is 0 Å². The maximum absolute atomic E-state index is 6.28. The molecule has 1 aliphatic rings. The average molecular weight is 853 g/mol. The highest BCUT2D eigenvalue weighted by molar-refractivity contribution is 7.03. The van der Waals surface area contributed by atoms with Gasteiger partial charge < -0.3 is 18.6 Å². The summed E-state index contributed by atoms with van der Waals surface area (Å²) in [6.07, 6.45) is 0. The van der Waals surface area contributed by atoms with Crippen molar-refractivity contribution in [3.8, 4) is 11.1 Å². The smallest absolute Gasteiger partial charge is 0.135 e. The summed E-state index contributed by atoms with van der Waals surface area (Å²) in [5.74, 6) is 0. The standard InChI is InChI=1S/C60H44N2O2Si/c1-37-16-21-40(22-17-37)61(43-27-30-56-51(34-43)46-10-5-7-13-54(46)63-56)42-25-20-39-32-53-48-29-26-45(36-59(48)65(3,4)58-15-9-12-49(60(53)58)50(39)33-42)62(41-23-18-38(2)19-24-41)44-28-31-57-52(35-44)47-11-6-8-14-55(47)64-57/h5-36H,1-4H3. The fourth-order valence-electron chi connectivity index (χ4n) is 10.6. The van der Waals surface area contributed by atoms with E-state index >= 15 is 0 Å². The minimum Gasteiger partial charge on any atom is -0.456 e. The summed E-state index contributed by atoms with van der Waals surface area (Å²) in [5, 5.41) is 12.6. The Morgan fingerprint density at radius 1 is 0.338 bits per heavy atom. The van der Waals surface area contributed by atoms with Crippen LogP contribution in [0, 0.1) is 13.8 Å². The van der Waals surface area contributed by atoms with Gasteiger partial charge >= 0.3 is 0 Å². The third-order valence-corrected chi connectivity index (χ3v) is 17.5. The molecule has 0 aliphatic carbocycles. The first kappa shape index (κ1) is 37.7. The van der Waals surface area contributed by atoms with E-state index in [4.69, 9.17) is 8.83 Å². The fourth-order valence-corrected chi connectivity index (χ4v) is 13.7. The second-order valence-corrected chi connectivity index (χ2v) is 22.6. The van der Waals surface area contributed by atoms with Crippen LogP contribution in [0.3, 0.4) is 0 Å². The van der Waals surface area contributed by atoms with E-state index in [2.05, 4.69) is 207 Å². The third kappa shape index (κ3) is 5.82. The number of nitrogens with zero attached hydrogens (tertiary/aromatic N) is 2. The number of benzene rings is 10. The van der Waals surface area contributed by atoms with Crippen molar-refractivity contribution >= 4 is 118 Å². The maximum Gasteiger partial charge on any atom is 0.135 e. The predicted octanol–water partition coefficient (Wildman–Crippen LogP) is 16.2. The summed E-state index contributed by atoms with van der Waals surface area (Å²) >= 11 is 0. The molecule has 4 nitrogen and oxygen atoms in total. The van der Waals surface area contributed by atoms with Crippen LogP contribution < -0.4 is 20.2 Å². The quantitative estimate of drug-likeness (QED) is 0.123. The Kier molecular flexibility index (Phi) is 8.15. The molecule has 0 radical (unpaired) electrons. The Morgan fingerprint density at radius 3 is 1.38 bits per heavy atom. The van der Waals surface area contributed by atoms with E-state index in [0.29, 0.717) is 0 Å². The van der Waals surface area contributed by atoms with Crippen LogP contribution in [0.25, 0.3) is 76.5 Å². The van der Waals surface area contributed by atoms with Gasteiger partial charge in [0.2, 0.25) is 0 Å². The summed E-state index contributed by atoms with van der Waals surface area (Å²) in [7, 11) is -2.26. The van der Waals surface area contributed by atoms with Crippen LogP contribution >= 0.6 is 0 Å². The van der Waals surface area contributed by atoms with Crippen LogP contribution in [0.5, 0.6) is 0 Å². The molecular formula is C60H44N2O2Si. The lowest BCUT2D eigenvalue weighted by molar-refractivity contribution is 0.668. The molecule has 0 saturated carbocycles. The van der Waals surface area contributed by atoms with E-state index in [0.717, 1.165) is 78.0 Å². The van der Waals surface area contributed by atoms with Gasteiger partial charge in [0.05, 0.1) is 0 Å². The van der Waals surface area contributed by atoms with Crippen LogP contribution in [-0.4, -0.2) is 8.07 Å². The molecule has 0 saturated heterocycles. The molecule has 2 aromatic heterocycles. The summed E-state index contributed by atoms with van der Waals surface area (Å²) in [5.41, 5.74) is 15.4. The molecule has 1 aliphatic heterocycles. The first-order valence-corrected chi connectivity index (χ1v) is 25.5. The predicted molar refractivity (Wildman–Crippen MR) is 277 cm³/mol. The number of hydrogen-bond acceptors (Lipinski definition) is 4. The topological polar surface area (TPSA) is 32.8 Å². The molecule has 5 heteroatoms. The molecule has 65 heavy (non-hydrogen) atoms. The molecular weight excluding hydrogens is 809 g/mol. The van der Waals surface area contributed by atoms with E-state index in [1.54, 1.807) is 0 Å². The van der Waals surface area contributed by atoms with Gasteiger partial charge in [-0.15, -0.1) is 0 Å². The van der Waals surface area contributed by atoms with Crippen molar-refractivity contribution in [3.05, 3.63) is 205 Å². The molecule has 0 atom stereocenters. The van der Waals surface area contributed by atoms with Crippen molar-refractivity contribution in [1.82, 2.24) is 0 Å². The first-order chi connectivity index (χ1) is 31.8. The van der Waals surface area contributed by atoms with Crippen molar-refractivity contribution in [2.75, 3.05) is 9.80 Å². The molecule has 0 spiro atoms.